The van der Waals surface area contributed by atoms with Crippen molar-refractivity contribution in [2.75, 3.05) is 44.3 Å². The summed E-state index contributed by atoms with van der Waals surface area (Å²) in [6, 6.07) is 9.84. The largest absolute Gasteiger partial charge is 0.378 e. The molecule has 0 spiro atoms. The van der Waals surface area contributed by atoms with Crippen molar-refractivity contribution in [3.63, 3.8) is 0 Å². The maximum atomic E-state index is 12.6. The second-order valence-electron chi connectivity index (χ2n) is 7.00. The molecule has 1 fully saturated rings. The van der Waals surface area contributed by atoms with E-state index in [4.69, 9.17) is 15.0 Å². The van der Waals surface area contributed by atoms with Gasteiger partial charge in [-0.2, -0.15) is 5.26 Å². The lowest BCUT2D eigenvalue weighted by molar-refractivity contribution is 0.122. The molecule has 0 unspecified atom stereocenters. The number of hydrogen-bond acceptors (Lipinski definition) is 6. The van der Waals surface area contributed by atoms with Crippen LogP contribution in [0.15, 0.2) is 29.1 Å². The third-order valence-electron chi connectivity index (χ3n) is 5.23. The van der Waals surface area contributed by atoms with Gasteiger partial charge < -0.3 is 9.64 Å². The Kier molecular flexibility index (Phi) is 5.19. The number of morpholine rings is 1. The fraction of sp³-hybridized carbons (Fsp3) is 0.450. The van der Waals surface area contributed by atoms with Crippen molar-refractivity contribution in [3.05, 3.63) is 57.0 Å². The smallest absolute Gasteiger partial charge is 0.255 e. The highest BCUT2D eigenvalue weighted by Crippen LogP contribution is 2.16. The normalized spacial score (nSPS) is 17.8. The molecule has 0 bridgehead atoms. The second kappa shape index (κ2) is 7.91. The molecule has 0 amide bonds. The molecule has 2 aliphatic rings. The summed E-state index contributed by atoms with van der Waals surface area (Å²) in [5, 5.41) is 8.92. The van der Waals surface area contributed by atoms with Gasteiger partial charge in [0.1, 0.15) is 0 Å². The van der Waals surface area contributed by atoms with Gasteiger partial charge in [0.2, 0.25) is 5.95 Å². The van der Waals surface area contributed by atoms with Crippen molar-refractivity contribution < 1.29 is 4.74 Å². The number of nitrogens with one attached hydrogen (secondary N) is 1. The number of anilines is 1. The standard InChI is InChI=1S/C20H23N5O2/c21-13-15-1-3-16(4-2-15)14-24-7-5-17-18(6-8-24)22-20(23-19(17)26)25-9-11-27-12-10-25/h1-4H,5-12,14H2,(H,22,23,26). The molecule has 27 heavy (non-hydrogen) atoms. The zero-order chi connectivity index (χ0) is 18.6. The van der Waals surface area contributed by atoms with Gasteiger partial charge in [-0.1, -0.05) is 12.1 Å². The number of H-pyrrole nitrogens is 1. The number of nitriles is 1. The van der Waals surface area contributed by atoms with Crippen molar-refractivity contribution in [1.29, 1.82) is 5.26 Å². The number of aromatic amines is 1. The van der Waals surface area contributed by atoms with Gasteiger partial charge in [-0.05, 0) is 24.1 Å². The van der Waals surface area contributed by atoms with E-state index in [9.17, 15) is 4.79 Å². The van der Waals surface area contributed by atoms with Crippen LogP contribution in [0.5, 0.6) is 0 Å². The monoisotopic (exact) mass is 365 g/mol. The molecular weight excluding hydrogens is 342 g/mol. The molecule has 0 aliphatic carbocycles. The topological polar surface area (TPSA) is 85.2 Å². The highest BCUT2D eigenvalue weighted by molar-refractivity contribution is 5.35. The van der Waals surface area contributed by atoms with E-state index < -0.39 is 0 Å². The minimum Gasteiger partial charge on any atom is -0.378 e. The fourth-order valence-corrected chi connectivity index (χ4v) is 3.67. The third kappa shape index (κ3) is 4.02. The molecule has 7 heteroatoms. The molecule has 4 rings (SSSR count). The predicted molar refractivity (Wildman–Crippen MR) is 102 cm³/mol. The summed E-state index contributed by atoms with van der Waals surface area (Å²) in [4.78, 5) is 24.8. The van der Waals surface area contributed by atoms with Crippen LogP contribution in [0.2, 0.25) is 0 Å². The molecule has 3 heterocycles. The van der Waals surface area contributed by atoms with Crippen LogP contribution in [-0.4, -0.2) is 54.3 Å². The van der Waals surface area contributed by atoms with Gasteiger partial charge in [-0.3, -0.25) is 14.7 Å². The van der Waals surface area contributed by atoms with Gasteiger partial charge in [0.15, 0.2) is 0 Å². The Morgan fingerprint density at radius 2 is 1.85 bits per heavy atom. The fourth-order valence-electron chi connectivity index (χ4n) is 3.67. The van der Waals surface area contributed by atoms with E-state index in [-0.39, 0.29) is 5.56 Å². The molecule has 0 atom stereocenters. The van der Waals surface area contributed by atoms with Crippen molar-refractivity contribution >= 4 is 5.95 Å². The van der Waals surface area contributed by atoms with E-state index >= 15 is 0 Å². The SMILES string of the molecule is N#Cc1ccc(CN2CCc3nc(N4CCOCC4)[nH]c(=O)c3CC2)cc1. The number of benzene rings is 1. The number of nitrogens with zero attached hydrogens (tertiary/aromatic N) is 4. The molecule has 1 N–H and O–H groups in total. The number of rotatable bonds is 3. The summed E-state index contributed by atoms with van der Waals surface area (Å²) < 4.78 is 5.38. The van der Waals surface area contributed by atoms with Crippen LogP contribution in [-0.2, 0) is 24.1 Å². The van der Waals surface area contributed by atoms with E-state index in [1.807, 2.05) is 24.3 Å². The quantitative estimate of drug-likeness (QED) is 0.876. The number of hydrogen-bond donors (Lipinski definition) is 1. The van der Waals surface area contributed by atoms with Gasteiger partial charge >= 0.3 is 0 Å². The van der Waals surface area contributed by atoms with E-state index in [0.717, 1.165) is 50.4 Å². The highest BCUT2D eigenvalue weighted by atomic mass is 16.5. The molecule has 0 saturated carbocycles. The Bertz CT molecular complexity index is 894. The zero-order valence-electron chi connectivity index (χ0n) is 15.3. The van der Waals surface area contributed by atoms with Crippen LogP contribution < -0.4 is 10.5 Å². The first kappa shape index (κ1) is 17.7. The molecule has 1 saturated heterocycles. The first-order valence-corrected chi connectivity index (χ1v) is 9.39. The summed E-state index contributed by atoms with van der Waals surface area (Å²) in [5.74, 6) is 0.669. The minimum atomic E-state index is -0.0123. The Hall–Kier alpha value is -2.69. The number of aromatic nitrogens is 2. The van der Waals surface area contributed by atoms with E-state index in [2.05, 4.69) is 20.9 Å². The molecule has 2 aliphatic heterocycles. The summed E-state index contributed by atoms with van der Waals surface area (Å²) >= 11 is 0. The minimum absolute atomic E-state index is 0.0123. The Morgan fingerprint density at radius 3 is 2.59 bits per heavy atom. The van der Waals surface area contributed by atoms with Crippen LogP contribution in [0.3, 0.4) is 0 Å². The summed E-state index contributed by atoms with van der Waals surface area (Å²) in [6.07, 6.45) is 1.48. The molecule has 2 aromatic rings. The van der Waals surface area contributed by atoms with Gasteiger partial charge in [0.05, 0.1) is 30.5 Å². The predicted octanol–water partition coefficient (Wildman–Crippen LogP) is 1.08. The van der Waals surface area contributed by atoms with Crippen LogP contribution >= 0.6 is 0 Å². The van der Waals surface area contributed by atoms with Crippen LogP contribution in [0.25, 0.3) is 0 Å². The summed E-state index contributed by atoms with van der Waals surface area (Å²) in [5.41, 5.74) is 3.57. The lowest BCUT2D eigenvalue weighted by atomic mass is 10.1. The average molecular weight is 365 g/mol. The van der Waals surface area contributed by atoms with Gasteiger partial charge in [0.25, 0.3) is 5.56 Å². The first-order valence-electron chi connectivity index (χ1n) is 9.39. The zero-order valence-corrected chi connectivity index (χ0v) is 15.3. The Morgan fingerprint density at radius 1 is 1.11 bits per heavy atom. The van der Waals surface area contributed by atoms with Crippen LogP contribution in [0.1, 0.15) is 22.4 Å². The number of ether oxygens (including phenoxy) is 1. The van der Waals surface area contributed by atoms with Gasteiger partial charge in [0, 0.05) is 44.7 Å². The molecule has 1 aromatic heterocycles. The number of fused-ring (bicyclic) bond motifs is 1. The van der Waals surface area contributed by atoms with Crippen molar-refractivity contribution in [1.82, 2.24) is 14.9 Å². The molecule has 7 nitrogen and oxygen atoms in total. The second-order valence-corrected chi connectivity index (χ2v) is 7.00. The summed E-state index contributed by atoms with van der Waals surface area (Å²) in [6.45, 7) is 5.35. The molecule has 1 aromatic carbocycles. The highest BCUT2D eigenvalue weighted by Gasteiger charge is 2.21. The Labute approximate surface area is 158 Å². The maximum Gasteiger partial charge on any atom is 0.255 e. The molecule has 0 radical (unpaired) electrons. The Balaban J connectivity index is 1.48. The van der Waals surface area contributed by atoms with Crippen molar-refractivity contribution in [2.45, 2.75) is 19.4 Å². The molecule has 140 valence electrons. The van der Waals surface area contributed by atoms with Gasteiger partial charge in [-0.15, -0.1) is 0 Å². The maximum absolute atomic E-state index is 12.6. The van der Waals surface area contributed by atoms with E-state index in [0.29, 0.717) is 31.1 Å². The first-order chi connectivity index (χ1) is 13.2. The summed E-state index contributed by atoms with van der Waals surface area (Å²) in [7, 11) is 0. The van der Waals surface area contributed by atoms with Gasteiger partial charge in [-0.25, -0.2) is 4.98 Å². The van der Waals surface area contributed by atoms with E-state index in [1.165, 1.54) is 5.56 Å². The third-order valence-corrected chi connectivity index (χ3v) is 5.23. The molecular formula is C20H23N5O2. The van der Waals surface area contributed by atoms with Crippen molar-refractivity contribution in [2.24, 2.45) is 0 Å². The lowest BCUT2D eigenvalue weighted by Crippen LogP contribution is -2.38. The lowest BCUT2D eigenvalue weighted by Gasteiger charge is -2.27. The van der Waals surface area contributed by atoms with Crippen LogP contribution in [0, 0.1) is 11.3 Å². The average Bonchev–Trinajstić information content (AvgIpc) is 2.92. The van der Waals surface area contributed by atoms with Crippen molar-refractivity contribution in [3.8, 4) is 6.07 Å². The van der Waals surface area contributed by atoms with Crippen LogP contribution in [0.4, 0.5) is 5.95 Å². The van der Waals surface area contributed by atoms with E-state index in [1.54, 1.807) is 0 Å².